The number of para-hydroxylation sites is 3. The van der Waals surface area contributed by atoms with Gasteiger partial charge in [-0.1, -0.05) is 24.3 Å². The van der Waals surface area contributed by atoms with Crippen LogP contribution in [0.15, 0.2) is 48.5 Å². The van der Waals surface area contributed by atoms with Crippen LogP contribution in [-0.2, 0) is 4.79 Å². The number of amides is 2. The van der Waals surface area contributed by atoms with Gasteiger partial charge in [-0.2, -0.15) is 0 Å². The molecule has 0 atom stereocenters. The van der Waals surface area contributed by atoms with Crippen LogP contribution in [0.2, 0.25) is 0 Å². The number of benzene rings is 2. The van der Waals surface area contributed by atoms with Crippen molar-refractivity contribution in [2.45, 2.75) is 0 Å². The first kappa shape index (κ1) is 17.9. The lowest BCUT2D eigenvalue weighted by Gasteiger charge is -2.14. The fraction of sp³-hybridized carbons (Fsp3) is 0.176. The van der Waals surface area contributed by atoms with Crippen LogP contribution in [0.5, 0.6) is 5.75 Å². The summed E-state index contributed by atoms with van der Waals surface area (Å²) >= 11 is 0. The van der Waals surface area contributed by atoms with Crippen molar-refractivity contribution in [2.75, 3.05) is 26.0 Å². The van der Waals surface area contributed by atoms with E-state index in [9.17, 15) is 19.7 Å². The molecule has 0 aliphatic carbocycles. The van der Waals surface area contributed by atoms with Crippen molar-refractivity contribution in [3.05, 3.63) is 64.2 Å². The van der Waals surface area contributed by atoms with Gasteiger partial charge in [0.25, 0.3) is 11.8 Å². The fourth-order valence-electron chi connectivity index (χ4n) is 2.08. The number of hydrogen-bond acceptors (Lipinski definition) is 5. The second-order valence-electron chi connectivity index (χ2n) is 5.31. The summed E-state index contributed by atoms with van der Waals surface area (Å²) in [7, 11) is 3.22. The second kappa shape index (κ2) is 7.91. The zero-order valence-corrected chi connectivity index (χ0v) is 13.8. The number of nitro benzene ring substituents is 1. The first-order chi connectivity index (χ1) is 11.9. The van der Waals surface area contributed by atoms with E-state index in [1.807, 2.05) is 0 Å². The average molecular weight is 343 g/mol. The van der Waals surface area contributed by atoms with E-state index in [4.69, 9.17) is 4.74 Å². The summed E-state index contributed by atoms with van der Waals surface area (Å²) in [4.78, 5) is 35.9. The van der Waals surface area contributed by atoms with Crippen LogP contribution in [0.3, 0.4) is 0 Å². The number of carbonyl (C=O) groups excluding carboxylic acids is 2. The minimum absolute atomic E-state index is 0.000281. The van der Waals surface area contributed by atoms with Crippen molar-refractivity contribution in [3.8, 4) is 5.75 Å². The second-order valence-corrected chi connectivity index (χ2v) is 5.31. The summed E-state index contributed by atoms with van der Waals surface area (Å²) < 4.78 is 5.23. The van der Waals surface area contributed by atoms with Crippen LogP contribution in [-0.4, -0.2) is 42.3 Å². The molecule has 25 heavy (non-hydrogen) atoms. The van der Waals surface area contributed by atoms with Crippen LogP contribution in [0.4, 0.5) is 11.4 Å². The van der Waals surface area contributed by atoms with E-state index in [2.05, 4.69) is 5.32 Å². The molecule has 0 fully saturated rings. The molecule has 8 nitrogen and oxygen atoms in total. The first-order valence-electron chi connectivity index (χ1n) is 7.37. The molecule has 2 amide bonds. The molecular formula is C17H17N3O5. The smallest absolute Gasteiger partial charge is 0.310 e. The predicted molar refractivity (Wildman–Crippen MR) is 91.7 cm³/mol. The molecule has 1 N–H and O–H groups in total. The number of nitrogens with one attached hydrogen (secondary N) is 1. The summed E-state index contributed by atoms with van der Waals surface area (Å²) in [6.45, 7) is -0.421. The molecule has 0 aliphatic heterocycles. The van der Waals surface area contributed by atoms with Gasteiger partial charge in [-0.25, -0.2) is 0 Å². The molecule has 0 heterocycles. The molecule has 0 radical (unpaired) electrons. The van der Waals surface area contributed by atoms with Gasteiger partial charge in [-0.05, 0) is 18.2 Å². The van der Waals surface area contributed by atoms with E-state index in [-0.39, 0.29) is 17.3 Å². The highest BCUT2D eigenvalue weighted by atomic mass is 16.6. The zero-order valence-electron chi connectivity index (χ0n) is 13.8. The molecule has 2 aromatic rings. The molecule has 0 saturated heterocycles. The highest BCUT2D eigenvalue weighted by Gasteiger charge is 2.17. The molecule has 8 heteroatoms. The number of hydrogen-bond donors (Lipinski definition) is 1. The monoisotopic (exact) mass is 343 g/mol. The van der Waals surface area contributed by atoms with E-state index in [1.165, 1.54) is 23.1 Å². The van der Waals surface area contributed by atoms with E-state index in [1.54, 1.807) is 44.4 Å². The van der Waals surface area contributed by atoms with Crippen molar-refractivity contribution in [1.82, 2.24) is 4.90 Å². The number of rotatable bonds is 6. The number of carbonyl (C=O) groups is 2. The highest BCUT2D eigenvalue weighted by Crippen LogP contribution is 2.25. The van der Waals surface area contributed by atoms with E-state index in [0.29, 0.717) is 11.3 Å². The molecule has 0 bridgehead atoms. The average Bonchev–Trinajstić information content (AvgIpc) is 2.60. The maximum atomic E-state index is 12.1. The first-order valence-corrected chi connectivity index (χ1v) is 7.37. The maximum absolute atomic E-state index is 12.1. The van der Waals surface area contributed by atoms with E-state index in [0.717, 1.165) is 0 Å². The summed E-state index contributed by atoms with van der Waals surface area (Å²) in [5, 5.41) is 13.5. The van der Waals surface area contributed by atoms with Gasteiger partial charge in [0, 0.05) is 20.2 Å². The molecule has 2 rings (SSSR count). The number of ether oxygens (including phenoxy) is 1. The van der Waals surface area contributed by atoms with Gasteiger partial charge < -0.3 is 15.0 Å². The van der Waals surface area contributed by atoms with Crippen molar-refractivity contribution in [3.63, 3.8) is 0 Å². The summed E-state index contributed by atoms with van der Waals surface area (Å²) in [5.41, 5.74) is 0.461. The summed E-state index contributed by atoms with van der Waals surface area (Å²) in [6, 6.07) is 12.4. The van der Waals surface area contributed by atoms with Crippen molar-refractivity contribution >= 4 is 23.2 Å². The Balaban J connectivity index is 2.07. The largest absolute Gasteiger partial charge is 0.477 e. The van der Waals surface area contributed by atoms with Gasteiger partial charge in [-0.3, -0.25) is 19.7 Å². The lowest BCUT2D eigenvalue weighted by molar-refractivity contribution is -0.385. The van der Waals surface area contributed by atoms with Crippen LogP contribution in [0.25, 0.3) is 0 Å². The highest BCUT2D eigenvalue weighted by molar-refractivity contribution is 6.03. The Morgan fingerprint density at radius 2 is 1.76 bits per heavy atom. The summed E-state index contributed by atoms with van der Waals surface area (Å²) in [6.07, 6.45) is 0. The topological polar surface area (TPSA) is 102 Å². The van der Waals surface area contributed by atoms with Gasteiger partial charge in [0.15, 0.2) is 12.4 Å². The third-order valence-corrected chi connectivity index (χ3v) is 3.26. The van der Waals surface area contributed by atoms with Gasteiger partial charge in [0.1, 0.15) is 0 Å². The van der Waals surface area contributed by atoms with Gasteiger partial charge in [-0.15, -0.1) is 0 Å². The molecule has 0 spiro atoms. The quantitative estimate of drug-likeness (QED) is 0.640. The Hall–Kier alpha value is -3.42. The number of nitro groups is 1. The van der Waals surface area contributed by atoms with Gasteiger partial charge >= 0.3 is 5.69 Å². The molecule has 0 saturated carbocycles. The normalized spacial score (nSPS) is 10.0. The molecule has 0 aliphatic rings. The van der Waals surface area contributed by atoms with Gasteiger partial charge in [0.2, 0.25) is 0 Å². The van der Waals surface area contributed by atoms with Crippen LogP contribution < -0.4 is 10.1 Å². The fourth-order valence-corrected chi connectivity index (χ4v) is 2.08. The third kappa shape index (κ3) is 4.54. The van der Waals surface area contributed by atoms with E-state index >= 15 is 0 Å². The lowest BCUT2D eigenvalue weighted by Crippen LogP contribution is -2.25. The molecule has 0 aromatic heterocycles. The van der Waals surface area contributed by atoms with Crippen molar-refractivity contribution in [2.24, 2.45) is 0 Å². The molecule has 0 unspecified atom stereocenters. The van der Waals surface area contributed by atoms with Crippen molar-refractivity contribution in [1.29, 1.82) is 0 Å². The Morgan fingerprint density at radius 1 is 1.12 bits per heavy atom. The number of anilines is 1. The molecular weight excluding hydrogens is 326 g/mol. The van der Waals surface area contributed by atoms with Gasteiger partial charge in [0.05, 0.1) is 16.2 Å². The third-order valence-electron chi connectivity index (χ3n) is 3.26. The maximum Gasteiger partial charge on any atom is 0.310 e. The summed E-state index contributed by atoms with van der Waals surface area (Å²) in [5.74, 6) is -0.784. The number of nitrogens with zero attached hydrogens (tertiary/aromatic N) is 2. The minimum atomic E-state index is -0.585. The lowest BCUT2D eigenvalue weighted by atomic mass is 10.1. The Morgan fingerprint density at radius 3 is 2.44 bits per heavy atom. The van der Waals surface area contributed by atoms with E-state index < -0.39 is 17.4 Å². The standard InChI is InChI=1S/C17H17N3O5/c1-19(2)17(22)12-7-3-4-8-13(12)18-16(21)11-25-15-10-6-5-9-14(15)20(23)24/h3-10H,11H2,1-2H3,(H,18,21). The molecule has 2 aromatic carbocycles. The molecule has 130 valence electrons. The Kier molecular flexibility index (Phi) is 5.67. The van der Waals surface area contributed by atoms with Crippen molar-refractivity contribution < 1.29 is 19.2 Å². The van der Waals surface area contributed by atoms with Crippen LogP contribution in [0, 0.1) is 10.1 Å². The minimum Gasteiger partial charge on any atom is -0.477 e. The predicted octanol–water partition coefficient (Wildman–Crippen LogP) is 2.31. The Labute approximate surface area is 144 Å². The van der Waals surface area contributed by atoms with Crippen LogP contribution >= 0.6 is 0 Å². The van der Waals surface area contributed by atoms with Crippen LogP contribution in [0.1, 0.15) is 10.4 Å². The SMILES string of the molecule is CN(C)C(=O)c1ccccc1NC(=O)COc1ccccc1[N+](=O)[O-]. The Bertz CT molecular complexity index is 804. The zero-order chi connectivity index (χ0) is 18.4.